The Hall–Kier alpha value is -3.82. The van der Waals surface area contributed by atoms with E-state index in [0.29, 0.717) is 30.3 Å². The molecule has 1 aromatic carbocycles. The van der Waals surface area contributed by atoms with Crippen LogP contribution in [0.5, 0.6) is 0 Å². The molecule has 1 saturated heterocycles. The van der Waals surface area contributed by atoms with Gasteiger partial charge in [-0.25, -0.2) is 19.4 Å². The van der Waals surface area contributed by atoms with Gasteiger partial charge in [0.15, 0.2) is 5.65 Å². The van der Waals surface area contributed by atoms with Gasteiger partial charge < -0.3 is 15.0 Å². The first-order valence-corrected chi connectivity index (χ1v) is 11.5. The van der Waals surface area contributed by atoms with Gasteiger partial charge in [-0.1, -0.05) is 17.3 Å². The van der Waals surface area contributed by atoms with Gasteiger partial charge in [-0.05, 0) is 56.9 Å². The van der Waals surface area contributed by atoms with E-state index in [-0.39, 0.29) is 6.09 Å². The lowest BCUT2D eigenvalue weighted by atomic mass is 10.1. The first-order valence-electron chi connectivity index (χ1n) is 11.5. The Morgan fingerprint density at radius 3 is 2.97 bits per heavy atom. The molecule has 176 valence electrons. The van der Waals surface area contributed by atoms with Crippen LogP contribution >= 0.6 is 0 Å². The topological polar surface area (TPSA) is 111 Å². The smallest absolute Gasteiger partial charge is 0.407 e. The predicted molar refractivity (Wildman–Crippen MR) is 129 cm³/mol. The Labute approximate surface area is 197 Å². The summed E-state index contributed by atoms with van der Waals surface area (Å²) >= 11 is 0. The number of nitrogens with zero attached hydrogens (tertiary/aromatic N) is 7. The quantitative estimate of drug-likeness (QED) is 0.483. The number of carbonyl (C=O) groups excluding carboxylic acids is 1. The molecule has 4 heterocycles. The third-order valence-corrected chi connectivity index (χ3v) is 5.76. The van der Waals surface area contributed by atoms with Crippen molar-refractivity contribution in [3.8, 4) is 0 Å². The molecule has 1 fully saturated rings. The van der Waals surface area contributed by atoms with Gasteiger partial charge in [0.25, 0.3) is 0 Å². The van der Waals surface area contributed by atoms with Gasteiger partial charge in [-0.15, -0.1) is 5.10 Å². The standard InChI is InChI=1S/C24H28N8O2/c1-24(2,3)34-23(33)27-12-17-8-10-31(14-17)20-13-26-21-22(28-20)32(30-29-21)15-16-6-7-19-18(11-16)5-4-9-25-19/h4-7,9,11,13,17H,8,10,12,14-15H2,1-3H3,(H,27,33)/t17-/m1/s1. The molecule has 1 aliphatic heterocycles. The average molecular weight is 461 g/mol. The molecule has 34 heavy (non-hydrogen) atoms. The van der Waals surface area contributed by atoms with Gasteiger partial charge in [-0.2, -0.15) is 0 Å². The molecule has 10 nitrogen and oxygen atoms in total. The summed E-state index contributed by atoms with van der Waals surface area (Å²) < 4.78 is 7.11. The minimum absolute atomic E-state index is 0.319. The molecule has 0 spiro atoms. The second-order valence-electron chi connectivity index (χ2n) is 9.64. The fourth-order valence-electron chi connectivity index (χ4n) is 4.15. The summed E-state index contributed by atoms with van der Waals surface area (Å²) in [7, 11) is 0. The van der Waals surface area contributed by atoms with Gasteiger partial charge in [-0.3, -0.25) is 4.98 Å². The Kier molecular flexibility index (Phi) is 5.72. The summed E-state index contributed by atoms with van der Waals surface area (Å²) in [6.07, 6.45) is 4.11. The lowest BCUT2D eigenvalue weighted by molar-refractivity contribution is 0.0520. The highest BCUT2D eigenvalue weighted by Crippen LogP contribution is 2.23. The number of benzene rings is 1. The molecule has 0 unspecified atom stereocenters. The molecule has 10 heteroatoms. The Morgan fingerprint density at radius 2 is 2.12 bits per heavy atom. The Morgan fingerprint density at radius 1 is 1.24 bits per heavy atom. The van der Waals surface area contributed by atoms with E-state index in [1.165, 1.54) is 0 Å². The van der Waals surface area contributed by atoms with Crippen molar-refractivity contribution in [2.45, 2.75) is 39.3 Å². The summed E-state index contributed by atoms with van der Waals surface area (Å²) in [6, 6.07) is 10.1. The minimum atomic E-state index is -0.502. The SMILES string of the molecule is CC(C)(C)OC(=O)NC[C@H]1CCN(c2cnc3nnn(Cc4ccc5ncccc5c4)c3n2)C1. The molecular formula is C24H28N8O2. The number of aromatic nitrogens is 6. The number of rotatable bonds is 5. The highest BCUT2D eigenvalue weighted by molar-refractivity contribution is 5.79. The van der Waals surface area contributed by atoms with Crippen molar-refractivity contribution in [2.24, 2.45) is 5.92 Å². The molecule has 1 amide bonds. The molecule has 5 rings (SSSR count). The van der Waals surface area contributed by atoms with Crippen LogP contribution in [0.2, 0.25) is 0 Å². The zero-order valence-electron chi connectivity index (χ0n) is 19.6. The van der Waals surface area contributed by atoms with E-state index in [0.717, 1.165) is 41.8 Å². The number of anilines is 1. The summed E-state index contributed by atoms with van der Waals surface area (Å²) in [5.41, 5.74) is 2.72. The number of amides is 1. The highest BCUT2D eigenvalue weighted by Gasteiger charge is 2.26. The zero-order valence-corrected chi connectivity index (χ0v) is 19.6. The third kappa shape index (κ3) is 4.90. The summed E-state index contributed by atoms with van der Waals surface area (Å²) in [5.74, 6) is 1.11. The maximum Gasteiger partial charge on any atom is 0.407 e. The van der Waals surface area contributed by atoms with Crippen molar-refractivity contribution in [1.29, 1.82) is 0 Å². The van der Waals surface area contributed by atoms with Crippen LogP contribution in [0.4, 0.5) is 10.6 Å². The second kappa shape index (κ2) is 8.85. The summed E-state index contributed by atoms with van der Waals surface area (Å²) in [5, 5.41) is 12.4. The summed E-state index contributed by atoms with van der Waals surface area (Å²) in [4.78, 5) is 27.8. The van der Waals surface area contributed by atoms with Crippen molar-refractivity contribution in [2.75, 3.05) is 24.5 Å². The first kappa shape index (κ1) is 22.0. The number of nitrogens with one attached hydrogen (secondary N) is 1. The predicted octanol–water partition coefficient (Wildman–Crippen LogP) is 3.17. The molecule has 3 aromatic heterocycles. The van der Waals surface area contributed by atoms with Crippen molar-refractivity contribution in [3.05, 3.63) is 48.3 Å². The van der Waals surface area contributed by atoms with Crippen LogP contribution in [0.1, 0.15) is 32.8 Å². The molecule has 4 aromatic rings. The van der Waals surface area contributed by atoms with Gasteiger partial charge in [0.05, 0.1) is 18.3 Å². The lowest BCUT2D eigenvalue weighted by Gasteiger charge is -2.21. The van der Waals surface area contributed by atoms with Gasteiger partial charge in [0.1, 0.15) is 11.4 Å². The Balaban J connectivity index is 1.27. The molecule has 0 radical (unpaired) electrons. The molecule has 0 saturated carbocycles. The molecular weight excluding hydrogens is 432 g/mol. The number of alkyl carbamates (subject to hydrolysis) is 1. The zero-order chi connectivity index (χ0) is 23.7. The largest absolute Gasteiger partial charge is 0.444 e. The van der Waals surface area contributed by atoms with E-state index >= 15 is 0 Å². The minimum Gasteiger partial charge on any atom is -0.444 e. The normalized spacial score (nSPS) is 16.3. The van der Waals surface area contributed by atoms with E-state index in [9.17, 15) is 4.79 Å². The number of hydrogen-bond donors (Lipinski definition) is 1. The van der Waals surface area contributed by atoms with Crippen LogP contribution < -0.4 is 10.2 Å². The van der Waals surface area contributed by atoms with Gasteiger partial charge in [0, 0.05) is 31.2 Å². The fraction of sp³-hybridized carbons (Fsp3) is 0.417. The van der Waals surface area contributed by atoms with Crippen molar-refractivity contribution in [3.63, 3.8) is 0 Å². The van der Waals surface area contributed by atoms with Crippen LogP contribution in [0.15, 0.2) is 42.7 Å². The number of fused-ring (bicyclic) bond motifs is 2. The molecule has 0 aliphatic carbocycles. The van der Waals surface area contributed by atoms with Gasteiger partial charge >= 0.3 is 6.09 Å². The van der Waals surface area contributed by atoms with E-state index in [1.54, 1.807) is 17.1 Å². The first-order chi connectivity index (χ1) is 16.3. The van der Waals surface area contributed by atoms with Crippen LogP contribution in [0, 0.1) is 5.92 Å². The highest BCUT2D eigenvalue weighted by atomic mass is 16.6. The second-order valence-corrected chi connectivity index (χ2v) is 9.64. The number of pyridine rings is 1. The maximum absolute atomic E-state index is 12.0. The molecule has 0 bridgehead atoms. The molecule has 1 aliphatic rings. The number of hydrogen-bond acceptors (Lipinski definition) is 8. The van der Waals surface area contributed by atoms with E-state index in [2.05, 4.69) is 36.6 Å². The Bertz CT molecular complexity index is 1330. The number of ether oxygens (including phenoxy) is 1. The lowest BCUT2D eigenvalue weighted by Crippen LogP contribution is -2.36. The third-order valence-electron chi connectivity index (χ3n) is 5.76. The van der Waals surface area contributed by atoms with Crippen molar-refractivity contribution < 1.29 is 9.53 Å². The van der Waals surface area contributed by atoms with Gasteiger partial charge in [0.2, 0.25) is 5.65 Å². The van der Waals surface area contributed by atoms with Crippen molar-refractivity contribution in [1.82, 2.24) is 35.3 Å². The van der Waals surface area contributed by atoms with Crippen LogP contribution in [-0.2, 0) is 11.3 Å². The maximum atomic E-state index is 12.0. The van der Waals surface area contributed by atoms with E-state index < -0.39 is 5.60 Å². The van der Waals surface area contributed by atoms with Crippen molar-refractivity contribution >= 4 is 34.1 Å². The molecule has 1 atom stereocenters. The average Bonchev–Trinajstić information content (AvgIpc) is 3.43. The monoisotopic (exact) mass is 460 g/mol. The molecule has 1 N–H and O–H groups in total. The summed E-state index contributed by atoms with van der Waals surface area (Å²) in [6.45, 7) is 8.31. The number of carbonyl (C=O) groups is 1. The van der Waals surface area contributed by atoms with E-state index in [4.69, 9.17) is 9.72 Å². The van der Waals surface area contributed by atoms with Crippen LogP contribution in [-0.4, -0.2) is 61.3 Å². The van der Waals surface area contributed by atoms with E-state index in [1.807, 2.05) is 45.0 Å². The fourth-order valence-corrected chi connectivity index (χ4v) is 4.15. The van der Waals surface area contributed by atoms with Crippen LogP contribution in [0.3, 0.4) is 0 Å². The van der Waals surface area contributed by atoms with Crippen LogP contribution in [0.25, 0.3) is 22.2 Å².